The lowest BCUT2D eigenvalue weighted by molar-refractivity contribution is 0.616. The number of nitrogens with zero attached hydrogens (tertiary/aromatic N) is 2. The summed E-state index contributed by atoms with van der Waals surface area (Å²) >= 11 is 0. The lowest BCUT2D eigenvalue weighted by Gasteiger charge is -2.15. The molecule has 3 heteroatoms. The standard InChI is InChI=1S/C15H21N3/c1-3-12-6-4-5-7-13(12)14(16)8-9-15-17-10-11-18(15)2/h4-7,10-11,14H,3,8-9,16H2,1-2H3. The SMILES string of the molecule is CCc1ccccc1C(N)CCc1nccn1C. The molecule has 2 N–H and O–H groups in total. The number of imidazole rings is 1. The molecule has 1 aromatic carbocycles. The van der Waals surface area contributed by atoms with Crippen molar-refractivity contribution in [1.82, 2.24) is 9.55 Å². The fourth-order valence-electron chi connectivity index (χ4n) is 2.30. The minimum absolute atomic E-state index is 0.0952. The fraction of sp³-hybridized carbons (Fsp3) is 0.400. The summed E-state index contributed by atoms with van der Waals surface area (Å²) in [6, 6.07) is 8.54. The number of hydrogen-bond acceptors (Lipinski definition) is 2. The van der Waals surface area contributed by atoms with Gasteiger partial charge in [0.25, 0.3) is 0 Å². The highest BCUT2D eigenvalue weighted by Crippen LogP contribution is 2.20. The number of aryl methyl sites for hydroxylation is 3. The Balaban J connectivity index is 2.03. The van der Waals surface area contributed by atoms with E-state index in [0.717, 1.165) is 25.1 Å². The Bertz CT molecular complexity index is 502. The zero-order valence-corrected chi connectivity index (χ0v) is 11.1. The Morgan fingerprint density at radius 3 is 2.78 bits per heavy atom. The van der Waals surface area contributed by atoms with Gasteiger partial charge >= 0.3 is 0 Å². The maximum atomic E-state index is 6.30. The van der Waals surface area contributed by atoms with Crippen molar-refractivity contribution in [3.05, 3.63) is 53.6 Å². The predicted octanol–water partition coefficient (Wildman–Crippen LogP) is 2.62. The summed E-state index contributed by atoms with van der Waals surface area (Å²) in [5.41, 5.74) is 8.93. The third kappa shape index (κ3) is 2.79. The molecule has 18 heavy (non-hydrogen) atoms. The van der Waals surface area contributed by atoms with Crippen LogP contribution in [-0.4, -0.2) is 9.55 Å². The molecule has 0 aliphatic rings. The fourth-order valence-corrected chi connectivity index (χ4v) is 2.30. The van der Waals surface area contributed by atoms with E-state index in [2.05, 4.69) is 40.7 Å². The van der Waals surface area contributed by atoms with Gasteiger partial charge in [0.2, 0.25) is 0 Å². The van der Waals surface area contributed by atoms with E-state index in [9.17, 15) is 0 Å². The van der Waals surface area contributed by atoms with E-state index in [-0.39, 0.29) is 6.04 Å². The van der Waals surface area contributed by atoms with Gasteiger partial charge < -0.3 is 10.3 Å². The first kappa shape index (κ1) is 12.8. The van der Waals surface area contributed by atoms with Crippen LogP contribution in [0.2, 0.25) is 0 Å². The molecule has 0 aliphatic heterocycles. The molecule has 1 heterocycles. The molecular formula is C15H21N3. The normalized spacial score (nSPS) is 12.6. The zero-order chi connectivity index (χ0) is 13.0. The maximum absolute atomic E-state index is 6.30. The Hall–Kier alpha value is -1.61. The van der Waals surface area contributed by atoms with Crippen LogP contribution in [0.4, 0.5) is 0 Å². The second-order valence-electron chi connectivity index (χ2n) is 4.65. The highest BCUT2D eigenvalue weighted by molar-refractivity contribution is 5.29. The van der Waals surface area contributed by atoms with Crippen LogP contribution in [0.3, 0.4) is 0 Å². The van der Waals surface area contributed by atoms with Crippen LogP contribution in [0.25, 0.3) is 0 Å². The van der Waals surface area contributed by atoms with Crippen molar-refractivity contribution in [3.8, 4) is 0 Å². The van der Waals surface area contributed by atoms with Crippen LogP contribution in [0.15, 0.2) is 36.7 Å². The number of hydrogen-bond donors (Lipinski definition) is 1. The molecule has 0 saturated heterocycles. The molecule has 1 aromatic heterocycles. The van der Waals surface area contributed by atoms with Gasteiger partial charge in [-0.1, -0.05) is 31.2 Å². The Kier molecular flexibility index (Phi) is 4.15. The molecule has 0 aliphatic carbocycles. The zero-order valence-electron chi connectivity index (χ0n) is 11.1. The van der Waals surface area contributed by atoms with Crippen molar-refractivity contribution in [2.24, 2.45) is 12.8 Å². The Morgan fingerprint density at radius 2 is 2.11 bits per heavy atom. The molecule has 0 amide bonds. The van der Waals surface area contributed by atoms with Crippen LogP contribution in [0, 0.1) is 0 Å². The van der Waals surface area contributed by atoms with Gasteiger partial charge in [-0.3, -0.25) is 0 Å². The van der Waals surface area contributed by atoms with Crippen molar-refractivity contribution in [3.63, 3.8) is 0 Å². The van der Waals surface area contributed by atoms with Gasteiger partial charge in [0.05, 0.1) is 0 Å². The predicted molar refractivity (Wildman–Crippen MR) is 74.3 cm³/mol. The van der Waals surface area contributed by atoms with Gasteiger partial charge in [0.15, 0.2) is 0 Å². The van der Waals surface area contributed by atoms with Crippen LogP contribution < -0.4 is 5.73 Å². The summed E-state index contributed by atoms with van der Waals surface area (Å²) in [7, 11) is 2.02. The maximum Gasteiger partial charge on any atom is 0.108 e. The largest absolute Gasteiger partial charge is 0.338 e. The third-order valence-corrected chi connectivity index (χ3v) is 3.44. The number of aromatic nitrogens is 2. The first-order chi connectivity index (χ1) is 8.72. The van der Waals surface area contributed by atoms with Gasteiger partial charge in [-0.25, -0.2) is 4.98 Å². The molecule has 0 fully saturated rings. The van der Waals surface area contributed by atoms with E-state index in [1.165, 1.54) is 11.1 Å². The summed E-state index contributed by atoms with van der Waals surface area (Å²) in [5, 5.41) is 0. The quantitative estimate of drug-likeness (QED) is 0.877. The van der Waals surface area contributed by atoms with Crippen molar-refractivity contribution in [2.45, 2.75) is 32.2 Å². The van der Waals surface area contributed by atoms with Crippen LogP contribution >= 0.6 is 0 Å². The van der Waals surface area contributed by atoms with E-state index >= 15 is 0 Å². The summed E-state index contributed by atoms with van der Waals surface area (Å²) in [4.78, 5) is 4.33. The summed E-state index contributed by atoms with van der Waals surface area (Å²) < 4.78 is 2.05. The molecule has 0 spiro atoms. The Morgan fingerprint density at radius 1 is 1.33 bits per heavy atom. The van der Waals surface area contributed by atoms with Gasteiger partial charge in [-0.2, -0.15) is 0 Å². The molecule has 1 unspecified atom stereocenters. The van der Waals surface area contributed by atoms with E-state index < -0.39 is 0 Å². The monoisotopic (exact) mass is 243 g/mol. The van der Waals surface area contributed by atoms with E-state index in [4.69, 9.17) is 5.73 Å². The van der Waals surface area contributed by atoms with Crippen molar-refractivity contribution >= 4 is 0 Å². The third-order valence-electron chi connectivity index (χ3n) is 3.44. The van der Waals surface area contributed by atoms with Gasteiger partial charge in [-0.15, -0.1) is 0 Å². The second-order valence-corrected chi connectivity index (χ2v) is 4.65. The summed E-state index contributed by atoms with van der Waals surface area (Å²) in [6.07, 6.45) is 6.69. The van der Waals surface area contributed by atoms with E-state index in [1.54, 1.807) is 0 Å². The lowest BCUT2D eigenvalue weighted by atomic mass is 9.96. The molecule has 1 atom stereocenters. The molecule has 96 valence electrons. The summed E-state index contributed by atoms with van der Waals surface area (Å²) in [6.45, 7) is 2.17. The van der Waals surface area contributed by atoms with Gasteiger partial charge in [0.1, 0.15) is 5.82 Å². The second kappa shape index (κ2) is 5.83. The highest BCUT2D eigenvalue weighted by Gasteiger charge is 2.11. The lowest BCUT2D eigenvalue weighted by Crippen LogP contribution is -2.14. The first-order valence-electron chi connectivity index (χ1n) is 6.52. The molecular weight excluding hydrogens is 222 g/mol. The Labute approximate surface area is 109 Å². The van der Waals surface area contributed by atoms with Crippen LogP contribution in [0.1, 0.15) is 36.3 Å². The first-order valence-corrected chi connectivity index (χ1v) is 6.52. The van der Waals surface area contributed by atoms with E-state index in [0.29, 0.717) is 0 Å². The highest BCUT2D eigenvalue weighted by atomic mass is 15.0. The molecule has 3 nitrogen and oxygen atoms in total. The summed E-state index contributed by atoms with van der Waals surface area (Å²) in [5.74, 6) is 1.10. The molecule has 0 radical (unpaired) electrons. The van der Waals surface area contributed by atoms with E-state index in [1.807, 2.05) is 19.4 Å². The average Bonchev–Trinajstić information content (AvgIpc) is 2.81. The minimum Gasteiger partial charge on any atom is -0.338 e. The number of nitrogens with two attached hydrogens (primary N) is 1. The molecule has 0 bridgehead atoms. The molecule has 2 aromatic rings. The minimum atomic E-state index is 0.0952. The van der Waals surface area contributed by atoms with Gasteiger partial charge in [0, 0.05) is 31.9 Å². The van der Waals surface area contributed by atoms with Crippen LogP contribution in [-0.2, 0) is 19.9 Å². The molecule has 0 saturated carbocycles. The van der Waals surface area contributed by atoms with Crippen molar-refractivity contribution < 1.29 is 0 Å². The topological polar surface area (TPSA) is 43.8 Å². The van der Waals surface area contributed by atoms with Crippen LogP contribution in [0.5, 0.6) is 0 Å². The smallest absolute Gasteiger partial charge is 0.108 e. The average molecular weight is 243 g/mol. The number of rotatable bonds is 5. The molecule has 2 rings (SSSR count). The van der Waals surface area contributed by atoms with Gasteiger partial charge in [-0.05, 0) is 24.0 Å². The van der Waals surface area contributed by atoms with Crippen molar-refractivity contribution in [2.75, 3.05) is 0 Å². The van der Waals surface area contributed by atoms with Crippen molar-refractivity contribution in [1.29, 1.82) is 0 Å². The number of benzene rings is 1.